The van der Waals surface area contributed by atoms with Crippen molar-refractivity contribution in [2.45, 2.75) is 32.3 Å². The SMILES string of the molecule is CCCCC(COC)OC(=O)c1ccc(Br)c(Br)c1. The summed E-state index contributed by atoms with van der Waals surface area (Å²) in [6, 6.07) is 5.30. The maximum atomic E-state index is 12.0. The van der Waals surface area contributed by atoms with Gasteiger partial charge in [0.1, 0.15) is 6.10 Å². The van der Waals surface area contributed by atoms with Crippen LogP contribution in [0.4, 0.5) is 0 Å². The highest BCUT2D eigenvalue weighted by molar-refractivity contribution is 9.13. The normalized spacial score (nSPS) is 12.2. The summed E-state index contributed by atoms with van der Waals surface area (Å²) >= 11 is 6.74. The number of hydrogen-bond donors (Lipinski definition) is 0. The van der Waals surface area contributed by atoms with Crippen LogP contribution in [0.15, 0.2) is 27.1 Å². The van der Waals surface area contributed by atoms with Crippen LogP contribution in [0.1, 0.15) is 36.5 Å². The van der Waals surface area contributed by atoms with E-state index < -0.39 is 0 Å². The summed E-state index contributed by atoms with van der Waals surface area (Å²) in [7, 11) is 1.61. The molecule has 3 nitrogen and oxygen atoms in total. The molecule has 0 fully saturated rings. The summed E-state index contributed by atoms with van der Waals surface area (Å²) in [6.45, 7) is 2.54. The summed E-state index contributed by atoms with van der Waals surface area (Å²) in [6.07, 6.45) is 2.74. The number of benzene rings is 1. The minimum Gasteiger partial charge on any atom is -0.456 e. The van der Waals surface area contributed by atoms with Gasteiger partial charge in [-0.25, -0.2) is 4.79 Å². The van der Waals surface area contributed by atoms with Crippen molar-refractivity contribution >= 4 is 37.8 Å². The van der Waals surface area contributed by atoms with Crippen LogP contribution in [0, 0.1) is 0 Å². The molecule has 0 aliphatic heterocycles. The van der Waals surface area contributed by atoms with Crippen LogP contribution in [-0.2, 0) is 9.47 Å². The Balaban J connectivity index is 2.66. The van der Waals surface area contributed by atoms with Crippen molar-refractivity contribution in [3.8, 4) is 0 Å². The molecule has 5 heteroatoms. The Morgan fingerprint density at radius 2 is 2.05 bits per heavy atom. The van der Waals surface area contributed by atoms with Crippen molar-refractivity contribution < 1.29 is 14.3 Å². The highest BCUT2D eigenvalue weighted by Crippen LogP contribution is 2.24. The predicted molar refractivity (Wildman–Crippen MR) is 82.4 cm³/mol. The Bertz CT molecular complexity index is 421. The standard InChI is InChI=1S/C14H18Br2O3/c1-3-4-5-11(9-18-2)19-14(17)10-6-7-12(15)13(16)8-10/h6-8,11H,3-5,9H2,1-2H3. The zero-order valence-electron chi connectivity index (χ0n) is 11.1. The van der Waals surface area contributed by atoms with Gasteiger partial charge in [0.05, 0.1) is 12.2 Å². The lowest BCUT2D eigenvalue weighted by Crippen LogP contribution is -2.23. The topological polar surface area (TPSA) is 35.5 Å². The number of unbranched alkanes of at least 4 members (excludes halogenated alkanes) is 1. The molecular weight excluding hydrogens is 376 g/mol. The van der Waals surface area contributed by atoms with Gasteiger partial charge in [-0.05, 0) is 62.9 Å². The fourth-order valence-corrected chi connectivity index (χ4v) is 2.26. The second-order valence-corrected chi connectivity index (χ2v) is 5.96. The Kier molecular flexibility index (Phi) is 7.64. The van der Waals surface area contributed by atoms with Gasteiger partial charge in [-0.15, -0.1) is 0 Å². The molecule has 1 rings (SSSR count). The molecule has 1 atom stereocenters. The van der Waals surface area contributed by atoms with E-state index in [-0.39, 0.29) is 12.1 Å². The van der Waals surface area contributed by atoms with Crippen molar-refractivity contribution in [2.24, 2.45) is 0 Å². The Labute approximate surface area is 130 Å². The highest BCUT2D eigenvalue weighted by Gasteiger charge is 2.16. The van der Waals surface area contributed by atoms with Crippen LogP contribution in [-0.4, -0.2) is 25.8 Å². The lowest BCUT2D eigenvalue weighted by molar-refractivity contribution is 0.00251. The minimum absolute atomic E-state index is 0.181. The number of hydrogen-bond acceptors (Lipinski definition) is 3. The molecule has 0 radical (unpaired) electrons. The summed E-state index contributed by atoms with van der Waals surface area (Å²) in [4.78, 5) is 12.0. The lowest BCUT2D eigenvalue weighted by Gasteiger charge is -2.17. The zero-order valence-corrected chi connectivity index (χ0v) is 14.3. The molecule has 0 N–H and O–H groups in total. The second-order valence-electron chi connectivity index (χ2n) is 4.25. The van der Waals surface area contributed by atoms with E-state index in [4.69, 9.17) is 9.47 Å². The van der Waals surface area contributed by atoms with Crippen LogP contribution < -0.4 is 0 Å². The lowest BCUT2D eigenvalue weighted by atomic mass is 10.1. The summed E-state index contributed by atoms with van der Waals surface area (Å²) in [5.74, 6) is -0.314. The number of halogens is 2. The first-order valence-corrected chi connectivity index (χ1v) is 7.82. The van der Waals surface area contributed by atoms with Gasteiger partial charge < -0.3 is 9.47 Å². The number of rotatable bonds is 7. The van der Waals surface area contributed by atoms with E-state index in [9.17, 15) is 4.79 Å². The van der Waals surface area contributed by atoms with Crippen molar-refractivity contribution in [3.05, 3.63) is 32.7 Å². The third kappa shape index (κ3) is 5.63. The quantitative estimate of drug-likeness (QED) is 0.636. The van der Waals surface area contributed by atoms with E-state index in [1.54, 1.807) is 19.2 Å². The third-order valence-corrected chi connectivity index (χ3v) is 4.54. The highest BCUT2D eigenvalue weighted by atomic mass is 79.9. The van der Waals surface area contributed by atoms with Crippen molar-refractivity contribution in [1.29, 1.82) is 0 Å². The Morgan fingerprint density at radius 3 is 2.63 bits per heavy atom. The average molecular weight is 394 g/mol. The van der Waals surface area contributed by atoms with Gasteiger partial charge >= 0.3 is 5.97 Å². The van der Waals surface area contributed by atoms with Gasteiger partial charge in [-0.3, -0.25) is 0 Å². The molecule has 0 saturated carbocycles. The first-order valence-electron chi connectivity index (χ1n) is 6.23. The largest absolute Gasteiger partial charge is 0.456 e. The van der Waals surface area contributed by atoms with E-state index in [0.29, 0.717) is 12.2 Å². The molecule has 0 aliphatic carbocycles. The summed E-state index contributed by atoms with van der Waals surface area (Å²) < 4.78 is 12.3. The average Bonchev–Trinajstić information content (AvgIpc) is 2.39. The van der Waals surface area contributed by atoms with E-state index in [0.717, 1.165) is 28.2 Å². The summed E-state index contributed by atoms with van der Waals surface area (Å²) in [5.41, 5.74) is 0.535. The first-order chi connectivity index (χ1) is 9.08. The fraction of sp³-hybridized carbons (Fsp3) is 0.500. The number of carbonyl (C=O) groups excluding carboxylic acids is 1. The van der Waals surface area contributed by atoms with E-state index in [1.807, 2.05) is 6.07 Å². The second kappa shape index (κ2) is 8.72. The van der Waals surface area contributed by atoms with Gasteiger partial charge in [0.25, 0.3) is 0 Å². The molecule has 106 valence electrons. The molecule has 1 aromatic carbocycles. The number of ether oxygens (including phenoxy) is 2. The first kappa shape index (κ1) is 16.7. The van der Waals surface area contributed by atoms with E-state index in [1.165, 1.54) is 0 Å². The van der Waals surface area contributed by atoms with Crippen molar-refractivity contribution in [3.63, 3.8) is 0 Å². The molecule has 0 aromatic heterocycles. The molecular formula is C14H18Br2O3. The van der Waals surface area contributed by atoms with Gasteiger partial charge in [0.15, 0.2) is 0 Å². The maximum absolute atomic E-state index is 12.0. The van der Waals surface area contributed by atoms with E-state index in [2.05, 4.69) is 38.8 Å². The van der Waals surface area contributed by atoms with Gasteiger partial charge in [0.2, 0.25) is 0 Å². The van der Waals surface area contributed by atoms with Gasteiger partial charge in [-0.2, -0.15) is 0 Å². The van der Waals surface area contributed by atoms with Crippen LogP contribution in [0.3, 0.4) is 0 Å². The molecule has 0 spiro atoms. The number of carbonyl (C=O) groups is 1. The molecule has 0 bridgehead atoms. The molecule has 0 saturated heterocycles. The fourth-order valence-electron chi connectivity index (χ4n) is 1.64. The Morgan fingerprint density at radius 1 is 1.32 bits per heavy atom. The third-order valence-electron chi connectivity index (χ3n) is 2.66. The van der Waals surface area contributed by atoms with Crippen molar-refractivity contribution in [1.82, 2.24) is 0 Å². The molecule has 19 heavy (non-hydrogen) atoms. The molecule has 1 unspecified atom stereocenters. The maximum Gasteiger partial charge on any atom is 0.338 e. The molecule has 0 amide bonds. The van der Waals surface area contributed by atoms with Crippen LogP contribution in [0.2, 0.25) is 0 Å². The van der Waals surface area contributed by atoms with Crippen LogP contribution >= 0.6 is 31.9 Å². The molecule has 0 aliphatic rings. The van der Waals surface area contributed by atoms with Crippen molar-refractivity contribution in [2.75, 3.05) is 13.7 Å². The number of methoxy groups -OCH3 is 1. The smallest absolute Gasteiger partial charge is 0.338 e. The molecule has 1 aromatic rings. The minimum atomic E-state index is -0.314. The summed E-state index contributed by atoms with van der Waals surface area (Å²) in [5, 5.41) is 0. The van der Waals surface area contributed by atoms with Gasteiger partial charge in [0, 0.05) is 16.1 Å². The predicted octanol–water partition coefficient (Wildman–Crippen LogP) is 4.57. The Hall–Kier alpha value is -0.390. The zero-order chi connectivity index (χ0) is 14.3. The van der Waals surface area contributed by atoms with Gasteiger partial charge in [-0.1, -0.05) is 13.3 Å². The van der Waals surface area contributed by atoms with Crippen LogP contribution in [0.5, 0.6) is 0 Å². The van der Waals surface area contributed by atoms with E-state index >= 15 is 0 Å². The van der Waals surface area contributed by atoms with Crippen LogP contribution in [0.25, 0.3) is 0 Å². The number of esters is 1. The molecule has 0 heterocycles. The monoisotopic (exact) mass is 392 g/mol.